The summed E-state index contributed by atoms with van der Waals surface area (Å²) in [7, 11) is 0. The highest BCUT2D eigenvalue weighted by Gasteiger charge is 2.23. The van der Waals surface area contributed by atoms with Crippen molar-refractivity contribution in [1.29, 1.82) is 0 Å². The molecule has 6 heteroatoms. The SMILES string of the molecule is Cc1ccc(C(=O)Nc2cccc(C=C3SC(=Nc4ccccc4)NC3=O)c2)cc1. The number of carbonyl (C=O) groups is 2. The van der Waals surface area contributed by atoms with Gasteiger partial charge in [-0.1, -0.05) is 48.0 Å². The molecule has 5 nitrogen and oxygen atoms in total. The van der Waals surface area contributed by atoms with E-state index in [-0.39, 0.29) is 11.8 Å². The van der Waals surface area contributed by atoms with E-state index in [2.05, 4.69) is 15.6 Å². The number of rotatable bonds is 4. The Labute approximate surface area is 178 Å². The molecule has 0 unspecified atom stereocenters. The summed E-state index contributed by atoms with van der Waals surface area (Å²) in [5.74, 6) is -0.367. The highest BCUT2D eigenvalue weighted by atomic mass is 32.2. The largest absolute Gasteiger partial charge is 0.322 e. The third kappa shape index (κ3) is 4.85. The van der Waals surface area contributed by atoms with Gasteiger partial charge in [0.25, 0.3) is 11.8 Å². The van der Waals surface area contributed by atoms with E-state index in [1.54, 1.807) is 18.2 Å². The van der Waals surface area contributed by atoms with Crippen molar-refractivity contribution in [3.63, 3.8) is 0 Å². The normalized spacial score (nSPS) is 16.0. The molecule has 0 saturated carbocycles. The van der Waals surface area contributed by atoms with E-state index in [1.807, 2.05) is 73.7 Å². The van der Waals surface area contributed by atoms with Gasteiger partial charge in [0.05, 0.1) is 10.6 Å². The van der Waals surface area contributed by atoms with E-state index in [9.17, 15) is 9.59 Å². The van der Waals surface area contributed by atoms with Crippen LogP contribution in [0.5, 0.6) is 0 Å². The predicted molar refractivity (Wildman–Crippen MR) is 123 cm³/mol. The maximum absolute atomic E-state index is 12.4. The summed E-state index contributed by atoms with van der Waals surface area (Å²) in [6.07, 6.45) is 1.79. The number of hydrogen-bond donors (Lipinski definition) is 2. The van der Waals surface area contributed by atoms with Gasteiger partial charge < -0.3 is 10.6 Å². The Morgan fingerprint density at radius 1 is 1.00 bits per heavy atom. The number of anilines is 1. The van der Waals surface area contributed by atoms with Gasteiger partial charge in [-0.05, 0) is 66.7 Å². The summed E-state index contributed by atoms with van der Waals surface area (Å²) < 4.78 is 0. The van der Waals surface area contributed by atoms with E-state index in [0.717, 1.165) is 16.8 Å². The average molecular weight is 414 g/mol. The molecule has 1 saturated heterocycles. The molecule has 3 aromatic carbocycles. The monoisotopic (exact) mass is 413 g/mol. The molecule has 2 amide bonds. The van der Waals surface area contributed by atoms with Crippen LogP contribution in [-0.4, -0.2) is 17.0 Å². The van der Waals surface area contributed by atoms with Crippen LogP contribution < -0.4 is 10.6 Å². The number of para-hydroxylation sites is 1. The lowest BCUT2D eigenvalue weighted by molar-refractivity contribution is -0.115. The van der Waals surface area contributed by atoms with Gasteiger partial charge in [0.15, 0.2) is 5.17 Å². The summed E-state index contributed by atoms with van der Waals surface area (Å²) in [5.41, 5.74) is 3.95. The first-order valence-electron chi connectivity index (χ1n) is 9.39. The van der Waals surface area contributed by atoms with Crippen molar-refractivity contribution in [3.05, 3.63) is 100 Å². The minimum absolute atomic E-state index is 0.176. The molecule has 1 aliphatic heterocycles. The molecule has 0 bridgehead atoms. The predicted octanol–water partition coefficient (Wildman–Crippen LogP) is 5.14. The molecule has 0 aromatic heterocycles. The highest BCUT2D eigenvalue weighted by Crippen LogP contribution is 2.28. The van der Waals surface area contributed by atoms with Gasteiger partial charge in [0.1, 0.15) is 0 Å². The Hall–Kier alpha value is -3.64. The van der Waals surface area contributed by atoms with Crippen LogP contribution >= 0.6 is 11.8 Å². The fraction of sp³-hybridized carbons (Fsp3) is 0.0417. The molecule has 1 heterocycles. The van der Waals surface area contributed by atoms with Crippen LogP contribution in [0.4, 0.5) is 11.4 Å². The molecule has 2 N–H and O–H groups in total. The van der Waals surface area contributed by atoms with Crippen LogP contribution in [-0.2, 0) is 4.79 Å². The fourth-order valence-corrected chi connectivity index (χ4v) is 3.71. The van der Waals surface area contributed by atoms with E-state index in [1.165, 1.54) is 11.8 Å². The molecule has 0 spiro atoms. The third-order valence-corrected chi connectivity index (χ3v) is 5.30. The van der Waals surface area contributed by atoms with E-state index < -0.39 is 0 Å². The number of nitrogens with zero attached hydrogens (tertiary/aromatic N) is 1. The molecule has 3 aromatic rings. The Morgan fingerprint density at radius 2 is 1.77 bits per heavy atom. The number of benzene rings is 3. The number of thioether (sulfide) groups is 1. The van der Waals surface area contributed by atoms with Gasteiger partial charge in [-0.25, -0.2) is 4.99 Å². The Kier molecular flexibility index (Phi) is 5.77. The van der Waals surface area contributed by atoms with Crippen LogP contribution in [0.2, 0.25) is 0 Å². The number of amides is 2. The second-order valence-electron chi connectivity index (χ2n) is 6.76. The number of aryl methyl sites for hydroxylation is 1. The molecule has 0 atom stereocenters. The number of hydrogen-bond acceptors (Lipinski definition) is 4. The number of amidine groups is 1. The molecule has 1 aliphatic rings. The quantitative estimate of drug-likeness (QED) is 0.582. The Bertz CT molecular complexity index is 1150. The third-order valence-electron chi connectivity index (χ3n) is 4.39. The molecule has 148 valence electrons. The average Bonchev–Trinajstić information content (AvgIpc) is 3.08. The number of nitrogens with one attached hydrogen (secondary N) is 2. The molecule has 0 radical (unpaired) electrons. The Balaban J connectivity index is 1.49. The molecule has 30 heavy (non-hydrogen) atoms. The lowest BCUT2D eigenvalue weighted by Gasteiger charge is -2.06. The lowest BCUT2D eigenvalue weighted by atomic mass is 10.1. The van der Waals surface area contributed by atoms with Crippen LogP contribution in [0.3, 0.4) is 0 Å². The maximum atomic E-state index is 12.4. The molecular weight excluding hydrogens is 394 g/mol. The van der Waals surface area contributed by atoms with Crippen molar-refractivity contribution in [2.45, 2.75) is 6.92 Å². The zero-order chi connectivity index (χ0) is 20.9. The zero-order valence-electron chi connectivity index (χ0n) is 16.3. The Morgan fingerprint density at radius 3 is 2.53 bits per heavy atom. The van der Waals surface area contributed by atoms with Crippen molar-refractivity contribution in [2.24, 2.45) is 4.99 Å². The van der Waals surface area contributed by atoms with Crippen LogP contribution in [0.25, 0.3) is 6.08 Å². The van der Waals surface area contributed by atoms with Gasteiger partial charge in [0, 0.05) is 11.3 Å². The standard InChI is InChI=1S/C24H19N3O2S/c1-16-10-12-18(13-11-16)22(28)25-20-9-5-6-17(14-20)15-21-23(29)27-24(30-21)26-19-7-3-2-4-8-19/h2-15H,1H3,(H,25,28)(H,26,27,29). The van der Waals surface area contributed by atoms with Crippen molar-refractivity contribution in [2.75, 3.05) is 5.32 Å². The summed E-state index contributed by atoms with van der Waals surface area (Å²) in [4.78, 5) is 29.7. The number of aliphatic imine (C=N–C) groups is 1. The lowest BCUT2D eigenvalue weighted by Crippen LogP contribution is -2.19. The van der Waals surface area contributed by atoms with E-state index in [4.69, 9.17) is 0 Å². The highest BCUT2D eigenvalue weighted by molar-refractivity contribution is 8.18. The zero-order valence-corrected chi connectivity index (χ0v) is 17.1. The van der Waals surface area contributed by atoms with Crippen molar-refractivity contribution < 1.29 is 9.59 Å². The van der Waals surface area contributed by atoms with Gasteiger partial charge in [-0.15, -0.1) is 0 Å². The van der Waals surface area contributed by atoms with Crippen molar-refractivity contribution in [3.8, 4) is 0 Å². The van der Waals surface area contributed by atoms with Crippen molar-refractivity contribution >= 4 is 46.2 Å². The van der Waals surface area contributed by atoms with Crippen molar-refractivity contribution in [1.82, 2.24) is 5.32 Å². The summed E-state index contributed by atoms with van der Waals surface area (Å²) in [6, 6.07) is 24.2. The second kappa shape index (κ2) is 8.80. The molecular formula is C24H19N3O2S. The first-order chi connectivity index (χ1) is 14.6. The first-order valence-corrected chi connectivity index (χ1v) is 10.2. The topological polar surface area (TPSA) is 70.6 Å². The second-order valence-corrected chi connectivity index (χ2v) is 7.79. The molecule has 0 aliphatic carbocycles. The maximum Gasteiger partial charge on any atom is 0.264 e. The molecule has 4 rings (SSSR count). The van der Waals surface area contributed by atoms with Crippen LogP contribution in [0, 0.1) is 6.92 Å². The van der Waals surface area contributed by atoms with E-state index >= 15 is 0 Å². The summed E-state index contributed by atoms with van der Waals surface area (Å²) >= 11 is 1.29. The summed E-state index contributed by atoms with van der Waals surface area (Å²) in [5, 5.41) is 6.22. The fourth-order valence-electron chi connectivity index (χ4n) is 2.87. The van der Waals surface area contributed by atoms with Gasteiger partial charge in [0.2, 0.25) is 0 Å². The van der Waals surface area contributed by atoms with E-state index in [0.29, 0.717) is 21.3 Å². The van der Waals surface area contributed by atoms with Crippen LogP contribution in [0.15, 0.2) is 88.8 Å². The smallest absolute Gasteiger partial charge is 0.264 e. The van der Waals surface area contributed by atoms with Gasteiger partial charge in [-0.2, -0.15) is 0 Å². The minimum Gasteiger partial charge on any atom is -0.322 e. The van der Waals surface area contributed by atoms with Crippen LogP contribution in [0.1, 0.15) is 21.5 Å². The minimum atomic E-state index is -0.191. The molecule has 1 fully saturated rings. The van der Waals surface area contributed by atoms with Gasteiger partial charge >= 0.3 is 0 Å². The van der Waals surface area contributed by atoms with Gasteiger partial charge in [-0.3, -0.25) is 9.59 Å². The summed E-state index contributed by atoms with van der Waals surface area (Å²) in [6.45, 7) is 1.98. The number of carbonyl (C=O) groups excluding carboxylic acids is 2. The first kappa shape index (κ1) is 19.7.